The molecule has 0 atom stereocenters. The summed E-state index contributed by atoms with van der Waals surface area (Å²) in [5.41, 5.74) is 9.81. The number of phenolic OH excluding ortho intramolecular Hbond substituents is 1. The fourth-order valence-corrected chi connectivity index (χ4v) is 3.23. The molecule has 0 bridgehead atoms. The Labute approximate surface area is 104 Å². The maximum atomic E-state index is 9.88. The van der Waals surface area contributed by atoms with Crippen LogP contribution in [-0.2, 0) is 11.8 Å². The number of hydrogen-bond donors (Lipinski definition) is 2. The average molecular weight is 233 g/mol. The van der Waals surface area contributed by atoms with Crippen molar-refractivity contribution < 1.29 is 5.11 Å². The van der Waals surface area contributed by atoms with E-state index in [4.69, 9.17) is 5.73 Å². The number of aryl methyl sites for hydroxylation is 2. The first kappa shape index (κ1) is 12.4. The zero-order valence-corrected chi connectivity index (χ0v) is 10.9. The molecule has 0 heterocycles. The van der Waals surface area contributed by atoms with Crippen molar-refractivity contribution in [2.75, 3.05) is 6.54 Å². The second-order valence-corrected chi connectivity index (χ2v) is 5.34. The molecule has 94 valence electrons. The van der Waals surface area contributed by atoms with Gasteiger partial charge in [-0.1, -0.05) is 25.8 Å². The average Bonchev–Trinajstić information content (AvgIpc) is 2.79. The van der Waals surface area contributed by atoms with Crippen molar-refractivity contribution >= 4 is 0 Å². The molecule has 1 aliphatic carbocycles. The summed E-state index contributed by atoms with van der Waals surface area (Å²) in [4.78, 5) is 0. The van der Waals surface area contributed by atoms with Crippen molar-refractivity contribution in [1.82, 2.24) is 0 Å². The van der Waals surface area contributed by atoms with Gasteiger partial charge in [-0.3, -0.25) is 0 Å². The second kappa shape index (κ2) is 4.69. The standard InChI is InChI=1S/C15H23NO/c1-3-12-9-13(11(2)8-14(12)17)15(10-16)6-4-5-7-15/h8-9,17H,3-7,10,16H2,1-2H3. The predicted molar refractivity (Wildman–Crippen MR) is 71.4 cm³/mol. The normalized spacial score (nSPS) is 18.5. The molecular weight excluding hydrogens is 210 g/mol. The van der Waals surface area contributed by atoms with Gasteiger partial charge in [-0.15, -0.1) is 0 Å². The lowest BCUT2D eigenvalue weighted by molar-refractivity contribution is 0.443. The Bertz CT molecular complexity index is 406. The lowest BCUT2D eigenvalue weighted by atomic mass is 9.76. The summed E-state index contributed by atoms with van der Waals surface area (Å²) in [6.07, 6.45) is 5.81. The van der Waals surface area contributed by atoms with Crippen LogP contribution in [0.2, 0.25) is 0 Å². The van der Waals surface area contributed by atoms with Crippen LogP contribution in [-0.4, -0.2) is 11.7 Å². The van der Waals surface area contributed by atoms with E-state index in [0.29, 0.717) is 5.75 Å². The minimum absolute atomic E-state index is 0.168. The van der Waals surface area contributed by atoms with Crippen molar-refractivity contribution in [3.05, 3.63) is 28.8 Å². The van der Waals surface area contributed by atoms with Gasteiger partial charge in [0.05, 0.1) is 0 Å². The third kappa shape index (κ3) is 2.06. The minimum atomic E-state index is 0.168. The highest BCUT2D eigenvalue weighted by Crippen LogP contribution is 2.43. The van der Waals surface area contributed by atoms with Crippen LogP contribution in [0.25, 0.3) is 0 Å². The number of aromatic hydroxyl groups is 1. The molecule has 3 N–H and O–H groups in total. The molecule has 0 aliphatic heterocycles. The smallest absolute Gasteiger partial charge is 0.119 e. The zero-order valence-electron chi connectivity index (χ0n) is 10.9. The molecule has 0 aromatic heterocycles. The van der Waals surface area contributed by atoms with Crippen molar-refractivity contribution in [2.45, 2.75) is 51.4 Å². The summed E-state index contributed by atoms with van der Waals surface area (Å²) >= 11 is 0. The van der Waals surface area contributed by atoms with Gasteiger partial charge in [0.15, 0.2) is 0 Å². The molecule has 0 radical (unpaired) electrons. The van der Waals surface area contributed by atoms with E-state index in [0.717, 1.165) is 18.5 Å². The molecule has 17 heavy (non-hydrogen) atoms. The van der Waals surface area contributed by atoms with Crippen LogP contribution < -0.4 is 5.73 Å². The first-order valence-corrected chi connectivity index (χ1v) is 6.66. The van der Waals surface area contributed by atoms with Crippen LogP contribution in [0.4, 0.5) is 0 Å². The highest BCUT2D eigenvalue weighted by molar-refractivity contribution is 5.45. The quantitative estimate of drug-likeness (QED) is 0.843. The third-order valence-electron chi connectivity index (χ3n) is 4.33. The molecule has 0 unspecified atom stereocenters. The maximum Gasteiger partial charge on any atom is 0.119 e. The topological polar surface area (TPSA) is 46.2 Å². The first-order chi connectivity index (χ1) is 8.13. The third-order valence-corrected chi connectivity index (χ3v) is 4.33. The molecule has 1 aromatic carbocycles. The Hall–Kier alpha value is -1.02. The van der Waals surface area contributed by atoms with Crippen molar-refractivity contribution in [1.29, 1.82) is 0 Å². The molecule has 2 nitrogen and oxygen atoms in total. The van der Waals surface area contributed by atoms with Crippen LogP contribution in [0.15, 0.2) is 12.1 Å². The number of hydrogen-bond acceptors (Lipinski definition) is 2. The van der Waals surface area contributed by atoms with Gasteiger partial charge in [0.25, 0.3) is 0 Å². The molecule has 1 fully saturated rings. The summed E-state index contributed by atoms with van der Waals surface area (Å²) in [5.74, 6) is 0.430. The molecule has 0 spiro atoms. The van der Waals surface area contributed by atoms with E-state index in [2.05, 4.69) is 19.9 Å². The fraction of sp³-hybridized carbons (Fsp3) is 0.600. The Balaban J connectivity index is 2.50. The fourth-order valence-electron chi connectivity index (χ4n) is 3.23. The second-order valence-electron chi connectivity index (χ2n) is 5.34. The molecule has 1 aliphatic rings. The summed E-state index contributed by atoms with van der Waals surface area (Å²) in [5, 5.41) is 9.88. The molecule has 2 heteroatoms. The van der Waals surface area contributed by atoms with E-state index >= 15 is 0 Å². The highest BCUT2D eigenvalue weighted by atomic mass is 16.3. The van der Waals surface area contributed by atoms with Crippen LogP contribution in [0.3, 0.4) is 0 Å². The number of benzene rings is 1. The summed E-state index contributed by atoms with van der Waals surface area (Å²) < 4.78 is 0. The lowest BCUT2D eigenvalue weighted by Crippen LogP contribution is -2.32. The highest BCUT2D eigenvalue weighted by Gasteiger charge is 2.35. The molecular formula is C15H23NO. The van der Waals surface area contributed by atoms with Gasteiger partial charge in [0.1, 0.15) is 5.75 Å². The Morgan fingerprint density at radius 1 is 1.29 bits per heavy atom. The van der Waals surface area contributed by atoms with Gasteiger partial charge in [-0.25, -0.2) is 0 Å². The largest absolute Gasteiger partial charge is 0.508 e. The van der Waals surface area contributed by atoms with E-state index in [-0.39, 0.29) is 5.41 Å². The van der Waals surface area contributed by atoms with Gasteiger partial charge < -0.3 is 10.8 Å². The van der Waals surface area contributed by atoms with Gasteiger partial charge >= 0.3 is 0 Å². The van der Waals surface area contributed by atoms with E-state index in [1.54, 1.807) is 0 Å². The first-order valence-electron chi connectivity index (χ1n) is 6.66. The lowest BCUT2D eigenvalue weighted by Gasteiger charge is -2.30. The predicted octanol–water partition coefficient (Wildman–Crippen LogP) is 3.03. The van der Waals surface area contributed by atoms with Gasteiger partial charge in [0, 0.05) is 12.0 Å². The Morgan fingerprint density at radius 2 is 1.94 bits per heavy atom. The SMILES string of the molecule is CCc1cc(C2(CN)CCCC2)c(C)cc1O. The minimum Gasteiger partial charge on any atom is -0.508 e. The van der Waals surface area contributed by atoms with E-state index in [1.807, 2.05) is 6.07 Å². The van der Waals surface area contributed by atoms with Gasteiger partial charge in [0.2, 0.25) is 0 Å². The van der Waals surface area contributed by atoms with Crippen molar-refractivity contribution in [3.63, 3.8) is 0 Å². The van der Waals surface area contributed by atoms with Gasteiger partial charge in [-0.05, 0) is 48.9 Å². The van der Waals surface area contributed by atoms with Gasteiger partial charge in [-0.2, -0.15) is 0 Å². The van der Waals surface area contributed by atoms with E-state index in [1.165, 1.54) is 36.8 Å². The molecule has 2 rings (SSSR count). The molecule has 0 saturated heterocycles. The number of rotatable bonds is 3. The van der Waals surface area contributed by atoms with E-state index < -0.39 is 0 Å². The summed E-state index contributed by atoms with van der Waals surface area (Å²) in [6, 6.07) is 4.09. The molecule has 1 saturated carbocycles. The van der Waals surface area contributed by atoms with Crippen LogP contribution in [0.5, 0.6) is 5.75 Å². The van der Waals surface area contributed by atoms with Crippen LogP contribution in [0, 0.1) is 6.92 Å². The number of nitrogens with two attached hydrogens (primary N) is 1. The van der Waals surface area contributed by atoms with Crippen molar-refractivity contribution in [3.8, 4) is 5.75 Å². The monoisotopic (exact) mass is 233 g/mol. The van der Waals surface area contributed by atoms with E-state index in [9.17, 15) is 5.11 Å². The number of phenols is 1. The van der Waals surface area contributed by atoms with Crippen LogP contribution >= 0.6 is 0 Å². The molecule has 1 aromatic rings. The summed E-state index contributed by atoms with van der Waals surface area (Å²) in [7, 11) is 0. The van der Waals surface area contributed by atoms with Crippen LogP contribution in [0.1, 0.15) is 49.3 Å². The summed E-state index contributed by atoms with van der Waals surface area (Å²) in [6.45, 7) is 4.89. The van der Waals surface area contributed by atoms with Crippen molar-refractivity contribution in [2.24, 2.45) is 5.73 Å². The maximum absolute atomic E-state index is 9.88. The zero-order chi connectivity index (χ0) is 12.5. The Morgan fingerprint density at radius 3 is 2.47 bits per heavy atom. The Kier molecular flexibility index (Phi) is 3.43. The molecule has 0 amide bonds.